The first-order valence-corrected chi connectivity index (χ1v) is 39.9. The Kier molecular flexibility index (Phi) is 68.8. The van der Waals surface area contributed by atoms with Crippen LogP contribution in [-0.2, 0) is 18.4 Å². The lowest BCUT2D eigenvalue weighted by molar-refractivity contribution is -0.870. The molecule has 0 aliphatic heterocycles. The van der Waals surface area contributed by atoms with Gasteiger partial charge in [-0.05, 0) is 89.9 Å². The van der Waals surface area contributed by atoms with Gasteiger partial charge >= 0.3 is 0 Å². The van der Waals surface area contributed by atoms with E-state index in [1.807, 2.05) is 27.2 Å². The van der Waals surface area contributed by atoms with Gasteiger partial charge in [-0.3, -0.25) is 9.36 Å². The first-order chi connectivity index (χ1) is 44.5. The molecule has 0 aliphatic rings. The molecule has 9 heteroatoms. The number of nitrogens with zero attached hydrogens (tertiary/aromatic N) is 1. The second-order valence-electron chi connectivity index (χ2n) is 27.0. The highest BCUT2D eigenvalue weighted by Crippen LogP contribution is 2.38. The number of phosphoric acid groups is 1. The van der Waals surface area contributed by atoms with E-state index >= 15 is 0 Å². The van der Waals surface area contributed by atoms with E-state index in [0.717, 1.165) is 96.3 Å². The van der Waals surface area contributed by atoms with Crippen LogP contribution < -0.4 is 10.2 Å². The topological polar surface area (TPSA) is 108 Å². The Bertz CT molecular complexity index is 1900. The molecular weight excluding hydrogens is 1140 g/mol. The molecule has 0 spiro atoms. The van der Waals surface area contributed by atoms with Crippen molar-refractivity contribution in [2.75, 3.05) is 40.9 Å². The minimum absolute atomic E-state index is 0.00464. The number of quaternary nitrogens is 1. The molecule has 1 amide bonds. The molecule has 526 valence electrons. The second kappa shape index (κ2) is 71.2. The fraction of sp³-hybridized carbons (Fsp3) is 0.744. The average molecular weight is 1290 g/mol. The van der Waals surface area contributed by atoms with Crippen LogP contribution in [0.15, 0.2) is 122 Å². The summed E-state index contributed by atoms with van der Waals surface area (Å²) < 4.78 is 23.5. The number of amides is 1. The molecule has 0 aromatic rings. The summed E-state index contributed by atoms with van der Waals surface area (Å²) >= 11 is 0. The Morgan fingerprint density at radius 1 is 0.396 bits per heavy atom. The van der Waals surface area contributed by atoms with Crippen molar-refractivity contribution < 1.29 is 32.9 Å². The van der Waals surface area contributed by atoms with E-state index in [4.69, 9.17) is 9.05 Å². The summed E-state index contributed by atoms with van der Waals surface area (Å²) in [4.78, 5) is 25.7. The van der Waals surface area contributed by atoms with Crippen molar-refractivity contribution >= 4 is 13.7 Å². The SMILES string of the molecule is CC/C=C\C/C=C\C/C=C\C/C=C\C/C=C\C/C=C\C/C=C\C/C=C\C/C=C\CCCCCCCCCCCCCCCC(=O)NC(COP(=O)([O-])OCC[N+](C)(C)C)C(O)/C=C/CCCCCCCCCCCCCCCCCCCCCCCCCCCC. The standard InChI is InChI=1S/C82H147N2O6P/c1-6-8-10-12-14-16-18-20-22-24-26-28-30-32-34-36-37-38-39-40-41-42-43-44-45-46-47-48-50-52-54-56-58-60-62-64-66-68-70-72-74-76-82(86)83-80(79-90-91(87,88)89-78-77-84(3,4)5)81(85)75-73-71-69-67-65-63-61-59-57-55-53-51-49-35-33-31-29-27-25-23-21-19-17-15-13-11-9-7-2/h8,10,14,16,20,22,26,28,32,34,37-38,40-41,43-44,46-47,73,75,80-81,85H,6-7,9,11-13,15,17-19,21,23-25,27,29-31,33,35-36,39,42,45,48-72,74,76-79H2,1-5H3,(H-,83,86,87,88)/b10-8-,16-14-,22-20-,28-26-,34-32-,38-37-,41-40-,44-43-,47-46-,75-73+. The minimum atomic E-state index is -4.61. The quantitative estimate of drug-likeness (QED) is 0.0272. The predicted molar refractivity (Wildman–Crippen MR) is 399 cm³/mol. The van der Waals surface area contributed by atoms with E-state index in [1.165, 1.54) is 225 Å². The summed E-state index contributed by atoms with van der Waals surface area (Å²) in [7, 11) is 1.26. The van der Waals surface area contributed by atoms with Gasteiger partial charge in [-0.2, -0.15) is 0 Å². The molecule has 3 unspecified atom stereocenters. The van der Waals surface area contributed by atoms with Crippen LogP contribution >= 0.6 is 7.82 Å². The highest BCUT2D eigenvalue weighted by atomic mass is 31.2. The van der Waals surface area contributed by atoms with Gasteiger partial charge in [0.15, 0.2) is 0 Å². The van der Waals surface area contributed by atoms with Gasteiger partial charge in [-0.1, -0.05) is 367 Å². The number of hydrogen-bond acceptors (Lipinski definition) is 6. The number of aliphatic hydroxyl groups is 1. The molecule has 3 atom stereocenters. The minimum Gasteiger partial charge on any atom is -0.756 e. The van der Waals surface area contributed by atoms with E-state index in [2.05, 4.69) is 129 Å². The smallest absolute Gasteiger partial charge is 0.268 e. The molecule has 0 aromatic heterocycles. The molecule has 0 saturated heterocycles. The van der Waals surface area contributed by atoms with Crippen LogP contribution in [0.2, 0.25) is 0 Å². The molecule has 0 rings (SSSR count). The Morgan fingerprint density at radius 2 is 0.670 bits per heavy atom. The normalized spacial score (nSPS) is 14.2. The third-order valence-electron chi connectivity index (χ3n) is 16.9. The summed E-state index contributed by atoms with van der Waals surface area (Å²) in [6.45, 7) is 4.57. The maximum atomic E-state index is 13.1. The van der Waals surface area contributed by atoms with Crippen LogP contribution in [0.1, 0.15) is 341 Å². The largest absolute Gasteiger partial charge is 0.756 e. The number of phosphoric ester groups is 1. The maximum Gasteiger partial charge on any atom is 0.268 e. The Hall–Kier alpha value is -3.10. The van der Waals surface area contributed by atoms with Gasteiger partial charge in [0.1, 0.15) is 13.2 Å². The van der Waals surface area contributed by atoms with Crippen molar-refractivity contribution in [3.8, 4) is 0 Å². The van der Waals surface area contributed by atoms with Crippen molar-refractivity contribution in [1.82, 2.24) is 5.32 Å². The summed E-state index contributed by atoms with van der Waals surface area (Å²) in [5.41, 5.74) is 0. The summed E-state index contributed by atoms with van der Waals surface area (Å²) in [5, 5.41) is 14.0. The molecule has 0 heterocycles. The molecule has 0 aromatic carbocycles. The predicted octanol–water partition coefficient (Wildman–Crippen LogP) is 24.5. The first kappa shape index (κ1) is 87.9. The van der Waals surface area contributed by atoms with E-state index in [1.54, 1.807) is 6.08 Å². The second-order valence-corrected chi connectivity index (χ2v) is 28.4. The molecule has 91 heavy (non-hydrogen) atoms. The molecule has 0 radical (unpaired) electrons. The van der Waals surface area contributed by atoms with Crippen LogP contribution in [0.25, 0.3) is 0 Å². The monoisotopic (exact) mass is 1290 g/mol. The van der Waals surface area contributed by atoms with E-state index in [9.17, 15) is 19.4 Å². The van der Waals surface area contributed by atoms with E-state index < -0.39 is 20.0 Å². The molecular formula is C82H147N2O6P. The fourth-order valence-corrected chi connectivity index (χ4v) is 11.8. The molecule has 0 bridgehead atoms. The lowest BCUT2D eigenvalue weighted by Crippen LogP contribution is -2.45. The number of carbonyl (C=O) groups is 1. The summed E-state index contributed by atoms with van der Waals surface area (Å²) in [5.74, 6) is -0.198. The Balaban J connectivity index is 4.05. The molecule has 2 N–H and O–H groups in total. The average Bonchev–Trinajstić information content (AvgIpc) is 3.59. The highest BCUT2D eigenvalue weighted by Gasteiger charge is 2.23. The number of hydrogen-bond donors (Lipinski definition) is 2. The Labute approximate surface area is 564 Å². The number of rotatable bonds is 70. The third kappa shape index (κ3) is 74.2. The van der Waals surface area contributed by atoms with Gasteiger partial charge < -0.3 is 28.8 Å². The summed E-state index contributed by atoms with van der Waals surface area (Å²) in [6.07, 6.45) is 106. The van der Waals surface area contributed by atoms with Crippen molar-refractivity contribution in [2.24, 2.45) is 0 Å². The molecule has 8 nitrogen and oxygen atoms in total. The van der Waals surface area contributed by atoms with Crippen molar-refractivity contribution in [3.63, 3.8) is 0 Å². The van der Waals surface area contributed by atoms with E-state index in [0.29, 0.717) is 17.4 Å². The number of aliphatic hydroxyl groups excluding tert-OH is 1. The lowest BCUT2D eigenvalue weighted by atomic mass is 10.0. The lowest BCUT2D eigenvalue weighted by Gasteiger charge is -2.29. The molecule has 0 aliphatic carbocycles. The van der Waals surface area contributed by atoms with Gasteiger partial charge in [0, 0.05) is 6.42 Å². The van der Waals surface area contributed by atoms with Gasteiger partial charge in [-0.25, -0.2) is 0 Å². The van der Waals surface area contributed by atoms with Crippen LogP contribution in [0.4, 0.5) is 0 Å². The van der Waals surface area contributed by atoms with Crippen LogP contribution in [0.5, 0.6) is 0 Å². The zero-order valence-electron chi connectivity index (χ0n) is 60.3. The zero-order chi connectivity index (χ0) is 66.2. The van der Waals surface area contributed by atoms with Gasteiger partial charge in [0.25, 0.3) is 7.82 Å². The van der Waals surface area contributed by atoms with Crippen LogP contribution in [0.3, 0.4) is 0 Å². The van der Waals surface area contributed by atoms with E-state index in [-0.39, 0.29) is 19.1 Å². The number of nitrogens with one attached hydrogen (secondary N) is 1. The summed E-state index contributed by atoms with van der Waals surface area (Å²) in [6, 6.07) is -0.896. The van der Waals surface area contributed by atoms with Crippen molar-refractivity contribution in [1.29, 1.82) is 0 Å². The van der Waals surface area contributed by atoms with Crippen LogP contribution in [0, 0.1) is 0 Å². The maximum absolute atomic E-state index is 13.1. The molecule has 0 saturated carbocycles. The fourth-order valence-electron chi connectivity index (χ4n) is 11.0. The van der Waals surface area contributed by atoms with Gasteiger partial charge in [0.05, 0.1) is 39.9 Å². The Morgan fingerprint density at radius 3 is 0.978 bits per heavy atom. The van der Waals surface area contributed by atoms with Crippen LogP contribution in [-0.4, -0.2) is 68.5 Å². The first-order valence-electron chi connectivity index (χ1n) is 38.4. The third-order valence-corrected chi connectivity index (χ3v) is 17.9. The number of likely N-dealkylation sites (N-methyl/N-ethyl adjacent to an activating group) is 1. The van der Waals surface area contributed by atoms with Gasteiger partial charge in [0.2, 0.25) is 5.91 Å². The number of unbranched alkanes of at least 4 members (excludes halogenated alkanes) is 39. The number of allylic oxidation sites excluding steroid dienone is 19. The van der Waals surface area contributed by atoms with Crippen molar-refractivity contribution in [3.05, 3.63) is 122 Å². The number of carbonyl (C=O) groups excluding carboxylic acids is 1. The van der Waals surface area contributed by atoms with Crippen molar-refractivity contribution in [2.45, 2.75) is 353 Å². The highest BCUT2D eigenvalue weighted by molar-refractivity contribution is 7.45. The zero-order valence-corrected chi connectivity index (χ0v) is 61.2. The van der Waals surface area contributed by atoms with Gasteiger partial charge in [-0.15, -0.1) is 0 Å². The molecule has 0 fully saturated rings.